The Morgan fingerprint density at radius 2 is 1.55 bits per heavy atom. The molecule has 0 saturated carbocycles. The Hall–Kier alpha value is -1.39. The number of rotatable bonds is 3. The molecule has 0 aromatic heterocycles. The molecule has 1 unspecified atom stereocenters. The van der Waals surface area contributed by atoms with Crippen LogP contribution in [0.3, 0.4) is 0 Å². The first-order valence-electron chi connectivity index (χ1n) is 5.75. The lowest BCUT2D eigenvalue weighted by atomic mass is 10.1. The highest BCUT2D eigenvalue weighted by Crippen LogP contribution is 2.31. The van der Waals surface area contributed by atoms with Gasteiger partial charge in [0.25, 0.3) is 0 Å². The van der Waals surface area contributed by atoms with E-state index in [1.165, 1.54) is 12.1 Å². The molecule has 1 N–H and O–H groups in total. The Kier molecular flexibility index (Phi) is 4.45. The van der Waals surface area contributed by atoms with Gasteiger partial charge in [-0.15, -0.1) is 0 Å². The summed E-state index contributed by atoms with van der Waals surface area (Å²) in [6, 6.07) is 5.31. The summed E-state index contributed by atoms with van der Waals surface area (Å²) in [6.07, 6.45) is 0. The summed E-state index contributed by atoms with van der Waals surface area (Å²) < 4.78 is 40.5. The molecule has 0 saturated heterocycles. The van der Waals surface area contributed by atoms with Gasteiger partial charge in [0.15, 0.2) is 0 Å². The van der Waals surface area contributed by atoms with Crippen molar-refractivity contribution in [1.29, 1.82) is 0 Å². The SMILES string of the molecule is CC(Nc1c(F)cccc1F)c1cc(F)c(Cl)cc1Cl. The smallest absolute Gasteiger partial charge is 0.149 e. The maximum atomic E-state index is 13.5. The maximum absolute atomic E-state index is 13.5. The third kappa shape index (κ3) is 3.02. The monoisotopic (exact) mass is 319 g/mol. The van der Waals surface area contributed by atoms with Gasteiger partial charge in [0.1, 0.15) is 23.1 Å². The van der Waals surface area contributed by atoms with Gasteiger partial charge in [0, 0.05) is 5.02 Å². The standard InChI is InChI=1S/C14H10Cl2F3N/c1-7(8-5-13(19)10(16)6-9(8)15)20-14-11(17)3-2-4-12(14)18/h2-7,20H,1H3. The van der Waals surface area contributed by atoms with E-state index in [-0.39, 0.29) is 15.7 Å². The van der Waals surface area contributed by atoms with Crippen LogP contribution in [-0.4, -0.2) is 0 Å². The van der Waals surface area contributed by atoms with E-state index in [1.54, 1.807) is 6.92 Å². The van der Waals surface area contributed by atoms with Crippen LogP contribution in [0.4, 0.5) is 18.9 Å². The van der Waals surface area contributed by atoms with Crippen LogP contribution in [0, 0.1) is 17.5 Å². The van der Waals surface area contributed by atoms with E-state index >= 15 is 0 Å². The third-order valence-electron chi connectivity index (χ3n) is 2.83. The number of anilines is 1. The Balaban J connectivity index is 2.33. The second-order valence-corrected chi connectivity index (χ2v) is 5.06. The largest absolute Gasteiger partial charge is 0.374 e. The van der Waals surface area contributed by atoms with Crippen molar-refractivity contribution < 1.29 is 13.2 Å². The predicted molar refractivity (Wildman–Crippen MR) is 74.8 cm³/mol. The van der Waals surface area contributed by atoms with Gasteiger partial charge in [0.2, 0.25) is 0 Å². The summed E-state index contributed by atoms with van der Waals surface area (Å²) >= 11 is 11.6. The minimum atomic E-state index is -0.734. The number of hydrogen-bond acceptors (Lipinski definition) is 1. The summed E-state index contributed by atoms with van der Waals surface area (Å²) in [7, 11) is 0. The zero-order valence-corrected chi connectivity index (χ0v) is 11.9. The lowest BCUT2D eigenvalue weighted by Gasteiger charge is -2.18. The van der Waals surface area contributed by atoms with Gasteiger partial charge in [-0.3, -0.25) is 0 Å². The molecule has 20 heavy (non-hydrogen) atoms. The van der Waals surface area contributed by atoms with Crippen LogP contribution in [0.15, 0.2) is 30.3 Å². The molecule has 2 aromatic rings. The molecule has 0 spiro atoms. The first-order chi connectivity index (χ1) is 9.40. The van der Waals surface area contributed by atoms with Gasteiger partial charge in [-0.05, 0) is 36.8 Å². The minimum absolute atomic E-state index is 0.108. The Labute approximate surface area is 124 Å². The fourth-order valence-corrected chi connectivity index (χ4v) is 2.35. The molecule has 6 heteroatoms. The molecule has 0 amide bonds. The van der Waals surface area contributed by atoms with Gasteiger partial charge >= 0.3 is 0 Å². The highest BCUT2D eigenvalue weighted by atomic mass is 35.5. The predicted octanol–water partition coefficient (Wildman–Crippen LogP) is 5.58. The van der Waals surface area contributed by atoms with E-state index < -0.39 is 23.5 Å². The van der Waals surface area contributed by atoms with Gasteiger partial charge in [0.05, 0.1) is 11.1 Å². The first-order valence-corrected chi connectivity index (χ1v) is 6.50. The zero-order valence-electron chi connectivity index (χ0n) is 10.4. The summed E-state index contributed by atoms with van der Waals surface area (Å²) in [4.78, 5) is 0. The van der Waals surface area contributed by atoms with Crippen LogP contribution in [-0.2, 0) is 0 Å². The highest BCUT2D eigenvalue weighted by molar-refractivity contribution is 6.35. The van der Waals surface area contributed by atoms with E-state index in [0.29, 0.717) is 5.56 Å². The molecule has 1 nitrogen and oxygen atoms in total. The number of hydrogen-bond donors (Lipinski definition) is 1. The number of para-hydroxylation sites is 1. The molecule has 2 aromatic carbocycles. The lowest BCUT2D eigenvalue weighted by Crippen LogP contribution is -2.10. The number of nitrogens with one attached hydrogen (secondary N) is 1. The molecule has 106 valence electrons. The van der Waals surface area contributed by atoms with E-state index in [1.807, 2.05) is 0 Å². The normalized spacial score (nSPS) is 12.3. The zero-order chi connectivity index (χ0) is 14.9. The number of benzene rings is 2. The van der Waals surface area contributed by atoms with Gasteiger partial charge < -0.3 is 5.32 Å². The molecule has 1 atom stereocenters. The fraction of sp³-hybridized carbons (Fsp3) is 0.143. The van der Waals surface area contributed by atoms with Crippen molar-refractivity contribution in [2.45, 2.75) is 13.0 Å². The van der Waals surface area contributed by atoms with Crippen LogP contribution in [0.2, 0.25) is 10.0 Å². The van der Waals surface area contributed by atoms with Crippen molar-refractivity contribution in [2.24, 2.45) is 0 Å². The average molecular weight is 320 g/mol. The summed E-state index contributed by atoms with van der Waals surface area (Å²) in [6.45, 7) is 1.61. The van der Waals surface area contributed by atoms with Crippen molar-refractivity contribution in [2.75, 3.05) is 5.32 Å². The first kappa shape index (κ1) is 15.0. The molecule has 0 aliphatic heterocycles. The van der Waals surface area contributed by atoms with Crippen LogP contribution in [0.25, 0.3) is 0 Å². The Morgan fingerprint density at radius 3 is 2.15 bits per heavy atom. The van der Waals surface area contributed by atoms with Crippen molar-refractivity contribution in [3.63, 3.8) is 0 Å². The van der Waals surface area contributed by atoms with Gasteiger partial charge in [-0.25, -0.2) is 13.2 Å². The van der Waals surface area contributed by atoms with Gasteiger partial charge in [-0.2, -0.15) is 0 Å². The molecule has 0 fully saturated rings. The maximum Gasteiger partial charge on any atom is 0.149 e. The average Bonchev–Trinajstić information content (AvgIpc) is 2.38. The highest BCUT2D eigenvalue weighted by Gasteiger charge is 2.16. The summed E-state index contributed by atoms with van der Waals surface area (Å²) in [5.41, 5.74) is 0.0719. The van der Waals surface area contributed by atoms with E-state index in [0.717, 1.165) is 18.2 Å². The molecule has 2 rings (SSSR count). The van der Waals surface area contributed by atoms with Crippen molar-refractivity contribution in [3.05, 3.63) is 63.4 Å². The van der Waals surface area contributed by atoms with Crippen molar-refractivity contribution >= 4 is 28.9 Å². The van der Waals surface area contributed by atoms with Crippen molar-refractivity contribution in [3.8, 4) is 0 Å². The summed E-state index contributed by atoms with van der Waals surface area (Å²) in [5.74, 6) is -2.11. The third-order valence-corrected chi connectivity index (χ3v) is 3.45. The van der Waals surface area contributed by atoms with Crippen LogP contribution < -0.4 is 5.32 Å². The van der Waals surface area contributed by atoms with Crippen LogP contribution in [0.5, 0.6) is 0 Å². The molecule has 0 aliphatic carbocycles. The minimum Gasteiger partial charge on any atom is -0.374 e. The topological polar surface area (TPSA) is 12.0 Å². The second kappa shape index (κ2) is 5.94. The second-order valence-electron chi connectivity index (χ2n) is 4.25. The van der Waals surface area contributed by atoms with Crippen LogP contribution >= 0.6 is 23.2 Å². The molecule has 0 aliphatic rings. The van der Waals surface area contributed by atoms with E-state index in [2.05, 4.69) is 5.32 Å². The van der Waals surface area contributed by atoms with Crippen molar-refractivity contribution in [1.82, 2.24) is 0 Å². The molecule has 0 bridgehead atoms. The van der Waals surface area contributed by atoms with E-state index in [9.17, 15) is 13.2 Å². The lowest BCUT2D eigenvalue weighted by molar-refractivity contribution is 0.584. The molecule has 0 radical (unpaired) electrons. The number of halogens is 5. The quantitative estimate of drug-likeness (QED) is 0.728. The Bertz CT molecular complexity index is 626. The Morgan fingerprint density at radius 1 is 0.950 bits per heavy atom. The summed E-state index contributed by atoms with van der Waals surface area (Å²) in [5, 5.41) is 2.75. The van der Waals surface area contributed by atoms with Gasteiger partial charge in [-0.1, -0.05) is 29.3 Å². The molecular weight excluding hydrogens is 310 g/mol. The van der Waals surface area contributed by atoms with E-state index in [4.69, 9.17) is 23.2 Å². The molecule has 0 heterocycles. The van der Waals surface area contributed by atoms with Crippen LogP contribution in [0.1, 0.15) is 18.5 Å². The fourth-order valence-electron chi connectivity index (χ4n) is 1.80. The molecular formula is C14H10Cl2F3N.